The van der Waals surface area contributed by atoms with Crippen LogP contribution in [0.5, 0.6) is 0 Å². The Bertz CT molecular complexity index is 305. The molecule has 14 heavy (non-hydrogen) atoms. The Balaban J connectivity index is 2.70. The van der Waals surface area contributed by atoms with Gasteiger partial charge < -0.3 is 9.84 Å². The Morgan fingerprint density at radius 3 is 2.64 bits per heavy atom. The van der Waals surface area contributed by atoms with Crippen LogP contribution in [-0.2, 0) is 14.3 Å². The highest BCUT2D eigenvalue weighted by molar-refractivity contribution is 5.99. The summed E-state index contributed by atoms with van der Waals surface area (Å²) in [4.78, 5) is 22.3. The molecule has 4 nitrogen and oxygen atoms in total. The molecule has 2 unspecified atom stereocenters. The lowest BCUT2D eigenvalue weighted by atomic mass is 9.93. The summed E-state index contributed by atoms with van der Waals surface area (Å²) in [5.74, 6) is -0.0317. The fourth-order valence-corrected chi connectivity index (χ4v) is 1.43. The molecule has 1 rings (SSSR count). The number of allylic oxidation sites excluding steroid dienone is 1. The summed E-state index contributed by atoms with van der Waals surface area (Å²) in [5.41, 5.74) is -1.07. The fourth-order valence-electron chi connectivity index (χ4n) is 1.43. The molecule has 0 aromatic heterocycles. The van der Waals surface area contributed by atoms with Crippen molar-refractivity contribution in [2.45, 2.75) is 38.9 Å². The number of hydrogen-bond donors (Lipinski definition) is 1. The zero-order valence-electron chi connectivity index (χ0n) is 8.53. The van der Waals surface area contributed by atoms with Crippen molar-refractivity contribution >= 4 is 11.6 Å². The van der Waals surface area contributed by atoms with Gasteiger partial charge in [0, 0.05) is 12.5 Å². The van der Waals surface area contributed by atoms with Crippen LogP contribution in [0, 0.1) is 0 Å². The first kappa shape index (κ1) is 10.9. The van der Waals surface area contributed by atoms with E-state index in [4.69, 9.17) is 4.74 Å². The highest BCUT2D eigenvalue weighted by Gasteiger charge is 2.41. The predicted molar refractivity (Wildman–Crippen MR) is 49.6 cm³/mol. The highest BCUT2D eigenvalue weighted by Crippen LogP contribution is 2.29. The van der Waals surface area contributed by atoms with Crippen LogP contribution < -0.4 is 0 Å². The first-order chi connectivity index (χ1) is 6.35. The van der Waals surface area contributed by atoms with Gasteiger partial charge in [0.25, 0.3) is 0 Å². The monoisotopic (exact) mass is 198 g/mol. The van der Waals surface area contributed by atoms with Crippen LogP contribution in [0.2, 0.25) is 0 Å². The number of carbonyl (C=O) groups excluding carboxylic acids is 2. The minimum Gasteiger partial charge on any atom is -0.484 e. The van der Waals surface area contributed by atoms with Crippen molar-refractivity contribution in [3.05, 3.63) is 11.8 Å². The van der Waals surface area contributed by atoms with Gasteiger partial charge in [-0.15, -0.1) is 0 Å². The molecule has 4 heteroatoms. The molecule has 0 aliphatic carbocycles. The summed E-state index contributed by atoms with van der Waals surface area (Å²) < 4.78 is 5.28. The van der Waals surface area contributed by atoms with Crippen molar-refractivity contribution in [2.24, 2.45) is 0 Å². The molecule has 0 bridgehead atoms. The third-order valence-corrected chi connectivity index (χ3v) is 2.29. The molecule has 1 aliphatic heterocycles. The summed E-state index contributed by atoms with van der Waals surface area (Å²) in [5, 5.41) is 9.35. The van der Waals surface area contributed by atoms with Crippen LogP contribution in [0.1, 0.15) is 27.2 Å². The molecule has 0 saturated heterocycles. The SMILES string of the molecule is CC(=O)C(O)CC1(C)OC(C)=CC1=O. The van der Waals surface area contributed by atoms with E-state index >= 15 is 0 Å². The van der Waals surface area contributed by atoms with Gasteiger partial charge in [0.15, 0.2) is 11.4 Å². The minimum atomic E-state index is -1.14. The minimum absolute atomic E-state index is 0.00894. The topological polar surface area (TPSA) is 63.6 Å². The average Bonchev–Trinajstić information content (AvgIpc) is 2.25. The Hall–Kier alpha value is -1.16. The van der Waals surface area contributed by atoms with Gasteiger partial charge in [0.1, 0.15) is 6.10 Å². The van der Waals surface area contributed by atoms with Crippen LogP contribution >= 0.6 is 0 Å². The summed E-state index contributed by atoms with van der Waals surface area (Å²) in [7, 11) is 0. The molecule has 1 heterocycles. The first-order valence-corrected chi connectivity index (χ1v) is 4.45. The van der Waals surface area contributed by atoms with Crippen LogP contribution in [-0.4, -0.2) is 28.4 Å². The predicted octanol–water partition coefficient (Wildman–Crippen LogP) is 0.588. The van der Waals surface area contributed by atoms with E-state index in [1.54, 1.807) is 13.8 Å². The van der Waals surface area contributed by atoms with E-state index in [1.807, 2.05) is 0 Å². The number of Topliss-reactive ketones (excluding diaryl/α,β-unsaturated/α-hetero) is 1. The largest absolute Gasteiger partial charge is 0.484 e. The molecule has 0 aromatic carbocycles. The maximum absolute atomic E-state index is 11.4. The number of ketones is 2. The van der Waals surface area contributed by atoms with Gasteiger partial charge in [-0.05, 0) is 20.8 Å². The second-order valence-corrected chi connectivity index (χ2v) is 3.78. The molecule has 0 aromatic rings. The van der Waals surface area contributed by atoms with Crippen LogP contribution in [0.3, 0.4) is 0 Å². The van der Waals surface area contributed by atoms with E-state index in [0.717, 1.165) is 0 Å². The molecular weight excluding hydrogens is 184 g/mol. The summed E-state index contributed by atoms with van der Waals surface area (Å²) in [6.07, 6.45) is 0.255. The van der Waals surface area contributed by atoms with Gasteiger partial charge in [0.05, 0.1) is 5.76 Å². The molecular formula is C10H14O4. The first-order valence-electron chi connectivity index (χ1n) is 4.45. The van der Waals surface area contributed by atoms with E-state index in [1.165, 1.54) is 13.0 Å². The van der Waals surface area contributed by atoms with Crippen LogP contribution in [0.4, 0.5) is 0 Å². The number of aliphatic hydroxyl groups excluding tert-OH is 1. The van der Waals surface area contributed by atoms with Crippen LogP contribution in [0.15, 0.2) is 11.8 Å². The molecule has 0 radical (unpaired) electrons. The second-order valence-electron chi connectivity index (χ2n) is 3.78. The quantitative estimate of drug-likeness (QED) is 0.720. The molecule has 1 aliphatic rings. The molecule has 0 spiro atoms. The van der Waals surface area contributed by atoms with Crippen molar-refractivity contribution in [1.82, 2.24) is 0 Å². The zero-order chi connectivity index (χ0) is 10.9. The molecule has 2 atom stereocenters. The Kier molecular flexibility index (Phi) is 2.76. The lowest BCUT2D eigenvalue weighted by molar-refractivity contribution is -0.136. The summed E-state index contributed by atoms with van der Waals surface area (Å²) >= 11 is 0. The van der Waals surface area contributed by atoms with E-state index in [9.17, 15) is 14.7 Å². The number of carbonyl (C=O) groups is 2. The normalized spacial score (nSPS) is 28.3. The van der Waals surface area contributed by atoms with E-state index in [0.29, 0.717) is 5.76 Å². The molecule has 0 fully saturated rings. The average molecular weight is 198 g/mol. The lowest BCUT2D eigenvalue weighted by Gasteiger charge is -2.24. The maximum atomic E-state index is 11.4. The second kappa shape index (κ2) is 3.53. The summed E-state index contributed by atoms with van der Waals surface area (Å²) in [6.45, 7) is 4.53. The fraction of sp³-hybridized carbons (Fsp3) is 0.600. The third-order valence-electron chi connectivity index (χ3n) is 2.29. The zero-order valence-corrected chi connectivity index (χ0v) is 8.53. The third kappa shape index (κ3) is 2.01. The lowest BCUT2D eigenvalue weighted by Crippen LogP contribution is -2.38. The van der Waals surface area contributed by atoms with Gasteiger partial charge >= 0.3 is 0 Å². The van der Waals surface area contributed by atoms with Crippen LogP contribution in [0.25, 0.3) is 0 Å². The Labute approximate surface area is 82.6 Å². The Morgan fingerprint density at radius 2 is 2.29 bits per heavy atom. The van der Waals surface area contributed by atoms with Crippen molar-refractivity contribution in [2.75, 3.05) is 0 Å². The molecule has 78 valence electrons. The van der Waals surface area contributed by atoms with E-state index in [-0.39, 0.29) is 18.0 Å². The van der Waals surface area contributed by atoms with Gasteiger partial charge in [-0.25, -0.2) is 0 Å². The number of aliphatic hydroxyl groups is 1. The standard InChI is InChI=1S/C10H14O4/c1-6-4-9(13)10(3,14-6)5-8(12)7(2)11/h4,8,12H,5H2,1-3H3. The van der Waals surface area contributed by atoms with Gasteiger partial charge in [-0.2, -0.15) is 0 Å². The number of rotatable bonds is 3. The van der Waals surface area contributed by atoms with Crippen molar-refractivity contribution in [3.8, 4) is 0 Å². The molecule has 0 amide bonds. The van der Waals surface area contributed by atoms with Gasteiger partial charge in [-0.3, -0.25) is 9.59 Å². The number of hydrogen-bond acceptors (Lipinski definition) is 4. The van der Waals surface area contributed by atoms with Crippen molar-refractivity contribution < 1.29 is 19.4 Å². The van der Waals surface area contributed by atoms with Gasteiger partial charge in [-0.1, -0.05) is 0 Å². The van der Waals surface area contributed by atoms with E-state index < -0.39 is 11.7 Å². The van der Waals surface area contributed by atoms with Crippen molar-refractivity contribution in [3.63, 3.8) is 0 Å². The highest BCUT2D eigenvalue weighted by atomic mass is 16.5. The maximum Gasteiger partial charge on any atom is 0.202 e. The van der Waals surface area contributed by atoms with E-state index in [2.05, 4.69) is 0 Å². The Morgan fingerprint density at radius 1 is 1.71 bits per heavy atom. The summed E-state index contributed by atoms with van der Waals surface area (Å²) in [6, 6.07) is 0. The molecule has 1 N–H and O–H groups in total. The van der Waals surface area contributed by atoms with Gasteiger partial charge in [0.2, 0.25) is 5.78 Å². The van der Waals surface area contributed by atoms with Crippen molar-refractivity contribution in [1.29, 1.82) is 0 Å². The molecule has 0 saturated carbocycles. The smallest absolute Gasteiger partial charge is 0.202 e. The number of ether oxygens (including phenoxy) is 1.